The molecule has 6 heteroatoms. The number of hydrogen-bond donors (Lipinski definition) is 1. The van der Waals surface area contributed by atoms with Crippen molar-refractivity contribution in [2.24, 2.45) is 0 Å². The largest absolute Gasteiger partial charge is 0.497 e. The Bertz CT molecular complexity index is 993. The number of benzene rings is 3. The Kier molecular flexibility index (Phi) is 10.0. The summed E-state index contributed by atoms with van der Waals surface area (Å²) < 4.78 is 18.2. The third-order valence-electron chi connectivity index (χ3n) is 6.68. The third-order valence-corrected chi connectivity index (χ3v) is 9.70. The number of hydrogen-bond acceptors (Lipinski definition) is 6. The Balaban J connectivity index is 1.73. The predicted molar refractivity (Wildman–Crippen MR) is 151 cm³/mol. The standard InChI is InChI=1S/C30H36O4S2/c1-32-26-16-12-24(13-17-26)30(23-8-4-3-5-9-23,25-14-18-27(33-2)19-15-25)34-28-10-6-11-29(22-28)36-35-21-7-20-31/h3-5,8-9,12-19,28-29,31H,6-7,10-11,20-22H2,1-2H3. The van der Waals surface area contributed by atoms with Gasteiger partial charge in [0.15, 0.2) is 0 Å². The first-order valence-electron chi connectivity index (χ1n) is 12.6. The molecule has 0 amide bonds. The predicted octanol–water partition coefficient (Wildman–Crippen LogP) is 7.09. The summed E-state index contributed by atoms with van der Waals surface area (Å²) in [6.45, 7) is 0.257. The maximum absolute atomic E-state index is 9.11. The monoisotopic (exact) mass is 524 g/mol. The van der Waals surface area contributed by atoms with Crippen molar-refractivity contribution in [3.63, 3.8) is 0 Å². The van der Waals surface area contributed by atoms with Crippen LogP contribution in [0.25, 0.3) is 0 Å². The molecule has 4 rings (SSSR count). The van der Waals surface area contributed by atoms with Gasteiger partial charge in [-0.25, -0.2) is 0 Å². The van der Waals surface area contributed by atoms with Gasteiger partial charge in [-0.3, -0.25) is 0 Å². The van der Waals surface area contributed by atoms with Gasteiger partial charge in [0.05, 0.1) is 20.3 Å². The number of rotatable bonds is 12. The highest BCUT2D eigenvalue weighted by molar-refractivity contribution is 8.76. The summed E-state index contributed by atoms with van der Waals surface area (Å²) in [5, 5.41) is 9.65. The van der Waals surface area contributed by atoms with Gasteiger partial charge < -0.3 is 19.3 Å². The van der Waals surface area contributed by atoms with E-state index in [4.69, 9.17) is 19.3 Å². The van der Waals surface area contributed by atoms with E-state index in [0.717, 1.165) is 59.6 Å². The molecular formula is C30H36O4S2. The fraction of sp³-hybridized carbons (Fsp3) is 0.400. The number of aliphatic hydroxyl groups is 1. The van der Waals surface area contributed by atoms with E-state index in [9.17, 15) is 0 Å². The topological polar surface area (TPSA) is 47.9 Å². The number of aliphatic hydroxyl groups excluding tert-OH is 1. The SMILES string of the molecule is COc1ccc(C(OC2CCCC(SSCCCO)C2)(c2ccccc2)c2ccc(OC)cc2)cc1. The van der Waals surface area contributed by atoms with Gasteiger partial charge >= 0.3 is 0 Å². The second kappa shape index (κ2) is 13.4. The van der Waals surface area contributed by atoms with Crippen LogP contribution in [-0.2, 0) is 10.3 Å². The van der Waals surface area contributed by atoms with Gasteiger partial charge in [-0.2, -0.15) is 0 Å². The van der Waals surface area contributed by atoms with Crippen molar-refractivity contribution < 1.29 is 19.3 Å². The Labute approximate surface area is 223 Å². The van der Waals surface area contributed by atoms with Gasteiger partial charge in [-0.15, -0.1) is 0 Å². The number of ether oxygens (including phenoxy) is 3. The van der Waals surface area contributed by atoms with Crippen molar-refractivity contribution in [2.75, 3.05) is 26.6 Å². The Morgan fingerprint density at radius 1 is 0.806 bits per heavy atom. The van der Waals surface area contributed by atoms with E-state index in [1.54, 1.807) is 14.2 Å². The Morgan fingerprint density at radius 2 is 1.39 bits per heavy atom. The van der Waals surface area contributed by atoms with E-state index in [-0.39, 0.29) is 12.7 Å². The van der Waals surface area contributed by atoms with Gasteiger partial charge in [0, 0.05) is 17.6 Å². The van der Waals surface area contributed by atoms with Crippen LogP contribution >= 0.6 is 21.6 Å². The number of methoxy groups -OCH3 is 2. The molecule has 1 saturated carbocycles. The molecule has 0 aromatic heterocycles. The average Bonchev–Trinajstić information content (AvgIpc) is 2.95. The maximum Gasteiger partial charge on any atom is 0.144 e. The molecule has 2 atom stereocenters. The second-order valence-electron chi connectivity index (χ2n) is 9.03. The van der Waals surface area contributed by atoms with Gasteiger partial charge in [0.1, 0.15) is 17.1 Å². The van der Waals surface area contributed by atoms with Gasteiger partial charge in [-0.05, 0) is 73.1 Å². The molecule has 1 aliphatic carbocycles. The quantitative estimate of drug-likeness (QED) is 0.155. The van der Waals surface area contributed by atoms with Crippen LogP contribution in [0.5, 0.6) is 11.5 Å². The molecule has 1 fully saturated rings. The van der Waals surface area contributed by atoms with E-state index in [1.165, 1.54) is 6.42 Å². The van der Waals surface area contributed by atoms with Crippen LogP contribution in [0, 0.1) is 0 Å². The molecule has 3 aromatic carbocycles. The molecule has 36 heavy (non-hydrogen) atoms. The summed E-state index contributed by atoms with van der Waals surface area (Å²) in [4.78, 5) is 0. The Hall–Kier alpha value is -2.12. The highest BCUT2D eigenvalue weighted by atomic mass is 33.1. The summed E-state index contributed by atoms with van der Waals surface area (Å²) in [6.07, 6.45) is 5.38. The molecule has 0 aliphatic heterocycles. The molecule has 4 nitrogen and oxygen atoms in total. The van der Waals surface area contributed by atoms with Crippen LogP contribution < -0.4 is 9.47 Å². The van der Waals surface area contributed by atoms with Crippen molar-refractivity contribution in [3.8, 4) is 11.5 Å². The van der Waals surface area contributed by atoms with Crippen molar-refractivity contribution >= 4 is 21.6 Å². The molecule has 0 spiro atoms. The van der Waals surface area contributed by atoms with E-state index < -0.39 is 5.60 Å². The summed E-state index contributed by atoms with van der Waals surface area (Å²) in [5.74, 6) is 2.63. The van der Waals surface area contributed by atoms with E-state index >= 15 is 0 Å². The Morgan fingerprint density at radius 3 is 1.94 bits per heavy atom. The highest BCUT2D eigenvalue weighted by Crippen LogP contribution is 2.45. The lowest BCUT2D eigenvalue weighted by molar-refractivity contribution is -0.0612. The fourth-order valence-electron chi connectivity index (χ4n) is 4.84. The zero-order chi connectivity index (χ0) is 25.2. The van der Waals surface area contributed by atoms with Crippen LogP contribution in [0.2, 0.25) is 0 Å². The van der Waals surface area contributed by atoms with Crippen LogP contribution in [-0.4, -0.2) is 43.0 Å². The highest BCUT2D eigenvalue weighted by Gasteiger charge is 2.41. The average molecular weight is 525 g/mol. The molecule has 0 heterocycles. The van der Waals surface area contributed by atoms with Crippen LogP contribution in [0.4, 0.5) is 0 Å². The minimum atomic E-state index is -0.763. The minimum absolute atomic E-state index is 0.124. The van der Waals surface area contributed by atoms with Crippen LogP contribution in [0.3, 0.4) is 0 Å². The first-order chi connectivity index (χ1) is 17.7. The zero-order valence-electron chi connectivity index (χ0n) is 21.1. The van der Waals surface area contributed by atoms with E-state index in [0.29, 0.717) is 5.25 Å². The normalized spacial score (nSPS) is 18.1. The lowest BCUT2D eigenvalue weighted by Crippen LogP contribution is -2.39. The molecule has 0 radical (unpaired) electrons. The van der Waals surface area contributed by atoms with Crippen molar-refractivity contribution in [3.05, 3.63) is 95.6 Å². The minimum Gasteiger partial charge on any atom is -0.497 e. The lowest BCUT2D eigenvalue weighted by atomic mass is 9.79. The van der Waals surface area contributed by atoms with Gasteiger partial charge in [0.25, 0.3) is 0 Å². The first-order valence-corrected chi connectivity index (χ1v) is 15.0. The molecule has 2 unspecified atom stereocenters. The molecule has 3 aromatic rings. The summed E-state index contributed by atoms with van der Waals surface area (Å²) in [7, 11) is 7.22. The molecule has 192 valence electrons. The lowest BCUT2D eigenvalue weighted by Gasteiger charge is -2.41. The summed E-state index contributed by atoms with van der Waals surface area (Å²) in [5.41, 5.74) is 2.49. The van der Waals surface area contributed by atoms with E-state index in [2.05, 4.69) is 48.5 Å². The first kappa shape index (κ1) is 26.9. The summed E-state index contributed by atoms with van der Waals surface area (Å²) >= 11 is 0. The molecule has 0 bridgehead atoms. The van der Waals surface area contributed by atoms with Crippen molar-refractivity contribution in [1.82, 2.24) is 0 Å². The molecule has 1 aliphatic rings. The van der Waals surface area contributed by atoms with Crippen molar-refractivity contribution in [2.45, 2.75) is 49.1 Å². The maximum atomic E-state index is 9.11. The fourth-order valence-corrected chi connectivity index (χ4v) is 7.68. The van der Waals surface area contributed by atoms with Gasteiger partial charge in [-0.1, -0.05) is 76.2 Å². The molecular weight excluding hydrogens is 488 g/mol. The smallest absolute Gasteiger partial charge is 0.144 e. The van der Waals surface area contributed by atoms with E-state index in [1.807, 2.05) is 51.9 Å². The third kappa shape index (κ3) is 6.41. The zero-order valence-corrected chi connectivity index (χ0v) is 22.7. The molecule has 0 saturated heterocycles. The summed E-state index contributed by atoms with van der Waals surface area (Å²) in [6, 6.07) is 27.1. The second-order valence-corrected chi connectivity index (χ2v) is 11.8. The van der Waals surface area contributed by atoms with Crippen LogP contribution in [0.1, 0.15) is 48.8 Å². The molecule has 1 N–H and O–H groups in total. The van der Waals surface area contributed by atoms with Crippen LogP contribution in [0.15, 0.2) is 78.9 Å². The van der Waals surface area contributed by atoms with Crippen molar-refractivity contribution in [1.29, 1.82) is 0 Å². The van der Waals surface area contributed by atoms with Gasteiger partial charge in [0.2, 0.25) is 0 Å².